The molecule has 3 rings (SSSR count). The molecule has 28 heavy (non-hydrogen) atoms. The van der Waals surface area contributed by atoms with Crippen LogP contribution in [-0.4, -0.2) is 9.97 Å². The van der Waals surface area contributed by atoms with E-state index in [1.165, 1.54) is 28.1 Å². The molecule has 4 heteroatoms. The highest BCUT2D eigenvalue weighted by Crippen LogP contribution is 2.14. The first-order valence-electron chi connectivity index (χ1n) is 9.80. The van der Waals surface area contributed by atoms with Crippen LogP contribution in [0.2, 0.25) is 0 Å². The van der Waals surface area contributed by atoms with Crippen LogP contribution in [-0.2, 0) is 6.54 Å². The van der Waals surface area contributed by atoms with Crippen LogP contribution in [0.4, 0.5) is 0 Å². The third-order valence-electron chi connectivity index (χ3n) is 4.27. The zero-order chi connectivity index (χ0) is 20.4. The molecule has 148 valence electrons. The maximum Gasteiger partial charge on any atom is 0.0794 e. The van der Waals surface area contributed by atoms with E-state index in [4.69, 9.17) is 0 Å². The Kier molecular flexibility index (Phi) is 8.89. The average molecular weight is 394 g/mol. The molecule has 0 radical (unpaired) electrons. The van der Waals surface area contributed by atoms with Gasteiger partial charge in [0.1, 0.15) is 0 Å². The maximum absolute atomic E-state index is 4.33. The maximum atomic E-state index is 4.33. The van der Waals surface area contributed by atoms with E-state index in [1.807, 2.05) is 24.7 Å². The van der Waals surface area contributed by atoms with Gasteiger partial charge in [-0.3, -0.25) is 4.98 Å². The fourth-order valence-electron chi connectivity index (χ4n) is 2.54. The van der Waals surface area contributed by atoms with Gasteiger partial charge in [0.2, 0.25) is 0 Å². The molecule has 0 fully saturated rings. The molecule has 2 heterocycles. The summed E-state index contributed by atoms with van der Waals surface area (Å²) in [4.78, 5) is 8.46. The fourth-order valence-corrected chi connectivity index (χ4v) is 3.25. The molecular formula is C24H31N3S. The molecule has 3 aromatic rings. The number of aromatic nitrogens is 2. The van der Waals surface area contributed by atoms with Crippen molar-refractivity contribution in [3.8, 4) is 0 Å². The second-order valence-electron chi connectivity index (χ2n) is 7.12. The van der Waals surface area contributed by atoms with Crippen molar-refractivity contribution >= 4 is 17.0 Å². The Morgan fingerprint density at radius 1 is 1.07 bits per heavy atom. The van der Waals surface area contributed by atoms with Crippen molar-refractivity contribution in [3.05, 3.63) is 87.6 Å². The predicted octanol–water partition coefficient (Wildman–Crippen LogP) is 6.51. The Morgan fingerprint density at radius 2 is 1.82 bits per heavy atom. The second-order valence-corrected chi connectivity index (χ2v) is 7.84. The van der Waals surface area contributed by atoms with Crippen LogP contribution < -0.4 is 5.32 Å². The summed E-state index contributed by atoms with van der Waals surface area (Å²) < 4.78 is 0. The van der Waals surface area contributed by atoms with Gasteiger partial charge in [-0.15, -0.1) is 11.3 Å². The highest BCUT2D eigenvalue weighted by molar-refractivity contribution is 7.07. The molecule has 0 aliphatic rings. The lowest BCUT2D eigenvalue weighted by Gasteiger charge is -2.12. The van der Waals surface area contributed by atoms with Crippen LogP contribution >= 0.6 is 11.3 Å². The minimum Gasteiger partial charge on any atom is -0.381 e. The Labute approximate surface area is 173 Å². The van der Waals surface area contributed by atoms with Gasteiger partial charge in [0.25, 0.3) is 0 Å². The van der Waals surface area contributed by atoms with Gasteiger partial charge in [-0.05, 0) is 43.4 Å². The van der Waals surface area contributed by atoms with Crippen molar-refractivity contribution in [2.24, 2.45) is 0 Å². The van der Waals surface area contributed by atoms with Gasteiger partial charge in [-0.2, -0.15) is 0 Å². The smallest absolute Gasteiger partial charge is 0.0794 e. The lowest BCUT2D eigenvalue weighted by molar-refractivity contribution is 0.833. The lowest BCUT2D eigenvalue weighted by Crippen LogP contribution is -2.12. The molecule has 2 aromatic heterocycles. The van der Waals surface area contributed by atoms with Gasteiger partial charge in [-0.1, -0.05) is 62.7 Å². The highest BCUT2D eigenvalue weighted by Gasteiger charge is 2.01. The number of aryl methyl sites for hydroxylation is 2. The number of pyridine rings is 1. The molecule has 0 aliphatic heterocycles. The van der Waals surface area contributed by atoms with Crippen LogP contribution in [0.25, 0.3) is 5.70 Å². The molecule has 0 atom stereocenters. The number of hydrogen-bond acceptors (Lipinski definition) is 4. The molecule has 0 saturated carbocycles. The van der Waals surface area contributed by atoms with E-state index < -0.39 is 0 Å². The van der Waals surface area contributed by atoms with Gasteiger partial charge >= 0.3 is 0 Å². The topological polar surface area (TPSA) is 37.8 Å². The Balaban J connectivity index is 0.000000292. The van der Waals surface area contributed by atoms with Crippen LogP contribution in [0.5, 0.6) is 0 Å². The van der Waals surface area contributed by atoms with Crippen molar-refractivity contribution in [2.45, 2.75) is 53.5 Å². The van der Waals surface area contributed by atoms with Gasteiger partial charge in [0, 0.05) is 29.5 Å². The lowest BCUT2D eigenvalue weighted by atomic mass is 10.1. The molecule has 0 amide bonds. The third kappa shape index (κ3) is 7.28. The Hall–Kier alpha value is -2.46. The zero-order valence-electron chi connectivity index (χ0n) is 17.6. The standard InChI is InChI=1S/C18H22N2.C6H9NS/c1-4-5-18(17-10-6-14(2)7-11-17)20-13-16-9-8-15(3)19-12-16;1-5(2)6-3-8-4-7-6/h5-12,20H,4,13H2,1-3H3;3-5H,1-2H3/b18-5+;. The van der Waals surface area contributed by atoms with Gasteiger partial charge in [0.05, 0.1) is 11.2 Å². The normalized spacial score (nSPS) is 11.1. The largest absolute Gasteiger partial charge is 0.381 e. The molecule has 0 unspecified atom stereocenters. The second kappa shape index (κ2) is 11.4. The summed E-state index contributed by atoms with van der Waals surface area (Å²) in [5.74, 6) is 0.584. The van der Waals surface area contributed by atoms with E-state index in [2.05, 4.69) is 84.8 Å². The summed E-state index contributed by atoms with van der Waals surface area (Å²) in [5.41, 5.74) is 9.03. The van der Waals surface area contributed by atoms with Crippen molar-refractivity contribution in [3.63, 3.8) is 0 Å². The number of rotatable bonds is 6. The summed E-state index contributed by atoms with van der Waals surface area (Å²) >= 11 is 1.66. The van der Waals surface area contributed by atoms with Gasteiger partial charge < -0.3 is 5.32 Å². The van der Waals surface area contributed by atoms with Gasteiger partial charge in [0.15, 0.2) is 0 Å². The number of nitrogens with zero attached hydrogens (tertiary/aromatic N) is 2. The molecule has 0 aliphatic carbocycles. The molecule has 3 nitrogen and oxygen atoms in total. The van der Waals surface area contributed by atoms with Crippen LogP contribution in [0.1, 0.15) is 61.2 Å². The molecule has 0 bridgehead atoms. The highest BCUT2D eigenvalue weighted by atomic mass is 32.1. The van der Waals surface area contributed by atoms with Crippen molar-refractivity contribution in [2.75, 3.05) is 0 Å². The minimum absolute atomic E-state index is 0.584. The Morgan fingerprint density at radius 3 is 2.32 bits per heavy atom. The third-order valence-corrected chi connectivity index (χ3v) is 4.87. The van der Waals surface area contributed by atoms with Crippen molar-refractivity contribution in [1.29, 1.82) is 0 Å². The molecular weight excluding hydrogens is 362 g/mol. The number of allylic oxidation sites excluding steroid dienone is 1. The Bertz CT molecular complexity index is 833. The summed E-state index contributed by atoms with van der Waals surface area (Å²) in [7, 11) is 0. The number of hydrogen-bond donors (Lipinski definition) is 1. The molecule has 1 aromatic carbocycles. The minimum atomic E-state index is 0.584. The average Bonchev–Trinajstić information content (AvgIpc) is 3.23. The fraction of sp³-hybridized carbons (Fsp3) is 0.333. The summed E-state index contributed by atoms with van der Waals surface area (Å²) in [6, 6.07) is 12.8. The zero-order valence-corrected chi connectivity index (χ0v) is 18.4. The van der Waals surface area contributed by atoms with E-state index >= 15 is 0 Å². The number of benzene rings is 1. The van der Waals surface area contributed by atoms with Crippen LogP contribution in [0, 0.1) is 13.8 Å². The molecule has 1 N–H and O–H groups in total. The van der Waals surface area contributed by atoms with Crippen LogP contribution in [0.15, 0.2) is 59.6 Å². The van der Waals surface area contributed by atoms with Crippen molar-refractivity contribution < 1.29 is 0 Å². The summed E-state index contributed by atoms with van der Waals surface area (Å²) in [6.07, 6.45) is 5.18. The van der Waals surface area contributed by atoms with Crippen LogP contribution in [0.3, 0.4) is 0 Å². The molecule has 0 spiro atoms. The van der Waals surface area contributed by atoms with E-state index in [0.717, 1.165) is 18.7 Å². The SMILES string of the molecule is CC(C)c1cscn1.CC/C=C(/NCc1ccc(C)nc1)c1ccc(C)cc1. The summed E-state index contributed by atoms with van der Waals surface area (Å²) in [6.45, 7) is 11.4. The summed E-state index contributed by atoms with van der Waals surface area (Å²) in [5, 5.41) is 5.60. The van der Waals surface area contributed by atoms with Crippen molar-refractivity contribution in [1.82, 2.24) is 15.3 Å². The van der Waals surface area contributed by atoms with E-state index in [0.29, 0.717) is 5.92 Å². The van der Waals surface area contributed by atoms with E-state index in [-0.39, 0.29) is 0 Å². The van der Waals surface area contributed by atoms with E-state index in [9.17, 15) is 0 Å². The first kappa shape index (κ1) is 21.8. The number of thiazole rings is 1. The first-order valence-corrected chi connectivity index (χ1v) is 10.7. The van der Waals surface area contributed by atoms with E-state index in [1.54, 1.807) is 11.3 Å². The first-order chi connectivity index (χ1) is 13.5. The van der Waals surface area contributed by atoms with Gasteiger partial charge in [-0.25, -0.2) is 4.98 Å². The quantitative estimate of drug-likeness (QED) is 0.519. The molecule has 0 saturated heterocycles. The number of nitrogens with one attached hydrogen (secondary N) is 1. The predicted molar refractivity (Wildman–Crippen MR) is 121 cm³/mol. The monoisotopic (exact) mass is 393 g/mol.